The van der Waals surface area contributed by atoms with Crippen LogP contribution in [0.2, 0.25) is 0 Å². The van der Waals surface area contributed by atoms with E-state index in [0.29, 0.717) is 13.1 Å². The molecular weight excluding hydrogens is 274 g/mol. The lowest BCUT2D eigenvalue weighted by molar-refractivity contribution is 0.0795. The second kappa shape index (κ2) is 5.88. The molecule has 1 heterocycles. The van der Waals surface area contributed by atoms with Crippen molar-refractivity contribution in [3.63, 3.8) is 0 Å². The van der Waals surface area contributed by atoms with Gasteiger partial charge in [-0.25, -0.2) is 0 Å². The van der Waals surface area contributed by atoms with E-state index < -0.39 is 0 Å². The van der Waals surface area contributed by atoms with Crippen LogP contribution in [0.5, 0.6) is 0 Å². The summed E-state index contributed by atoms with van der Waals surface area (Å²) in [5, 5.41) is 0. The Bertz CT molecular complexity index is 362. The van der Waals surface area contributed by atoms with E-state index in [1.165, 1.54) is 11.3 Å². The number of hydrogen-bond donors (Lipinski definition) is 0. The summed E-state index contributed by atoms with van der Waals surface area (Å²) in [5.41, 5.74) is 0. The maximum absolute atomic E-state index is 12.0. The van der Waals surface area contributed by atoms with Crippen molar-refractivity contribution in [1.82, 2.24) is 4.90 Å². The Balaban J connectivity index is 2.79. The number of carbonyl (C=O) groups excluding carboxylic acids is 1. The second-order valence-electron chi connectivity index (χ2n) is 2.89. The lowest BCUT2D eigenvalue weighted by atomic mass is 10.3. The third-order valence-corrected chi connectivity index (χ3v) is 3.38. The van der Waals surface area contributed by atoms with Gasteiger partial charge in [-0.15, -0.1) is 24.5 Å². The average Bonchev–Trinajstić information content (AvgIpc) is 2.63. The minimum absolute atomic E-state index is 0.0190. The zero-order valence-electron chi connectivity index (χ0n) is 8.28. The Morgan fingerprint density at radius 2 is 2.00 bits per heavy atom. The third-order valence-electron chi connectivity index (χ3n) is 1.77. The van der Waals surface area contributed by atoms with Gasteiger partial charge in [-0.2, -0.15) is 0 Å². The molecule has 1 amide bonds. The van der Waals surface area contributed by atoms with Crippen LogP contribution in [0.15, 0.2) is 41.2 Å². The summed E-state index contributed by atoms with van der Waals surface area (Å²) in [4.78, 5) is 14.4. The molecule has 0 fully saturated rings. The van der Waals surface area contributed by atoms with E-state index >= 15 is 0 Å². The highest BCUT2D eigenvalue weighted by molar-refractivity contribution is 9.11. The number of amides is 1. The summed E-state index contributed by atoms with van der Waals surface area (Å²) < 4.78 is 0.961. The summed E-state index contributed by atoms with van der Waals surface area (Å²) >= 11 is 4.77. The van der Waals surface area contributed by atoms with Gasteiger partial charge in [-0.05, 0) is 28.1 Å². The number of halogens is 1. The maximum atomic E-state index is 12.0. The fourth-order valence-corrected chi connectivity index (χ4v) is 2.49. The van der Waals surface area contributed by atoms with Gasteiger partial charge in [-0.3, -0.25) is 4.79 Å². The predicted octanol–water partition coefficient (Wildman–Crippen LogP) is 3.32. The molecule has 1 aromatic heterocycles. The van der Waals surface area contributed by atoms with Gasteiger partial charge in [0.1, 0.15) is 0 Å². The van der Waals surface area contributed by atoms with Crippen molar-refractivity contribution >= 4 is 33.2 Å². The molecule has 0 aromatic carbocycles. The van der Waals surface area contributed by atoms with Crippen molar-refractivity contribution in [3.8, 4) is 0 Å². The SMILES string of the molecule is C=CCN(CC=C)C(=O)c1ccc(Br)s1. The zero-order chi connectivity index (χ0) is 11.3. The first-order chi connectivity index (χ1) is 7.19. The van der Waals surface area contributed by atoms with Crippen molar-refractivity contribution in [2.24, 2.45) is 0 Å². The summed E-state index contributed by atoms with van der Waals surface area (Å²) in [6, 6.07) is 3.69. The fourth-order valence-electron chi connectivity index (χ4n) is 1.14. The standard InChI is InChI=1S/C11H12BrNOS/c1-3-7-13(8-4-2)11(14)9-5-6-10(12)15-9/h3-6H,1-2,7-8H2. The van der Waals surface area contributed by atoms with Crippen LogP contribution in [0, 0.1) is 0 Å². The number of thiophene rings is 1. The molecule has 0 spiro atoms. The molecule has 15 heavy (non-hydrogen) atoms. The summed E-state index contributed by atoms with van der Waals surface area (Å²) in [7, 11) is 0. The molecule has 1 rings (SSSR count). The summed E-state index contributed by atoms with van der Waals surface area (Å²) in [5.74, 6) is 0.0190. The second-order valence-corrected chi connectivity index (χ2v) is 5.35. The molecule has 80 valence electrons. The number of hydrogen-bond acceptors (Lipinski definition) is 2. The lowest BCUT2D eigenvalue weighted by Crippen LogP contribution is -2.30. The van der Waals surface area contributed by atoms with E-state index in [4.69, 9.17) is 0 Å². The smallest absolute Gasteiger partial charge is 0.264 e. The topological polar surface area (TPSA) is 20.3 Å². The first kappa shape index (κ1) is 12.2. The monoisotopic (exact) mass is 285 g/mol. The van der Waals surface area contributed by atoms with E-state index in [-0.39, 0.29) is 5.91 Å². The van der Waals surface area contributed by atoms with Crippen molar-refractivity contribution < 1.29 is 4.79 Å². The van der Waals surface area contributed by atoms with Crippen LogP contribution in [-0.4, -0.2) is 23.9 Å². The van der Waals surface area contributed by atoms with Crippen LogP contribution >= 0.6 is 27.3 Å². The molecule has 1 aromatic rings. The van der Waals surface area contributed by atoms with Crippen LogP contribution in [0.4, 0.5) is 0 Å². The highest BCUT2D eigenvalue weighted by Crippen LogP contribution is 2.23. The van der Waals surface area contributed by atoms with Crippen molar-refractivity contribution in [2.45, 2.75) is 0 Å². The van der Waals surface area contributed by atoms with Gasteiger partial charge in [0.15, 0.2) is 0 Å². The van der Waals surface area contributed by atoms with Gasteiger partial charge >= 0.3 is 0 Å². The molecular formula is C11H12BrNOS. The van der Waals surface area contributed by atoms with Gasteiger partial charge in [0, 0.05) is 13.1 Å². The molecule has 0 aliphatic carbocycles. The highest BCUT2D eigenvalue weighted by Gasteiger charge is 2.14. The quantitative estimate of drug-likeness (QED) is 0.760. The largest absolute Gasteiger partial charge is 0.331 e. The first-order valence-corrected chi connectivity index (χ1v) is 6.06. The van der Waals surface area contributed by atoms with Gasteiger partial charge in [0.25, 0.3) is 5.91 Å². The maximum Gasteiger partial charge on any atom is 0.264 e. The predicted molar refractivity (Wildman–Crippen MR) is 68.3 cm³/mol. The molecule has 0 aliphatic rings. The van der Waals surface area contributed by atoms with Crippen LogP contribution in [0.3, 0.4) is 0 Å². The van der Waals surface area contributed by atoms with Crippen molar-refractivity contribution in [3.05, 3.63) is 46.1 Å². The molecule has 0 unspecified atom stereocenters. The lowest BCUT2D eigenvalue weighted by Gasteiger charge is -2.17. The molecule has 2 nitrogen and oxygen atoms in total. The van der Waals surface area contributed by atoms with E-state index in [1.54, 1.807) is 17.1 Å². The molecule has 0 aliphatic heterocycles. The molecule has 0 radical (unpaired) electrons. The van der Waals surface area contributed by atoms with Crippen molar-refractivity contribution in [1.29, 1.82) is 0 Å². The summed E-state index contributed by atoms with van der Waals surface area (Å²) in [6.07, 6.45) is 3.42. The van der Waals surface area contributed by atoms with Crippen LogP contribution < -0.4 is 0 Å². The average molecular weight is 286 g/mol. The van der Waals surface area contributed by atoms with E-state index in [1.807, 2.05) is 12.1 Å². The minimum Gasteiger partial charge on any atom is -0.331 e. The molecule has 0 saturated heterocycles. The van der Waals surface area contributed by atoms with Crippen molar-refractivity contribution in [2.75, 3.05) is 13.1 Å². The molecule has 0 bridgehead atoms. The van der Waals surface area contributed by atoms with Gasteiger partial charge in [0.2, 0.25) is 0 Å². The first-order valence-electron chi connectivity index (χ1n) is 4.45. The Hall–Kier alpha value is -0.870. The Labute approximate surface area is 102 Å². The normalized spacial score (nSPS) is 9.67. The summed E-state index contributed by atoms with van der Waals surface area (Å²) in [6.45, 7) is 8.34. The van der Waals surface area contributed by atoms with Crippen LogP contribution in [0.25, 0.3) is 0 Å². The van der Waals surface area contributed by atoms with Gasteiger partial charge in [0.05, 0.1) is 8.66 Å². The van der Waals surface area contributed by atoms with E-state index in [0.717, 1.165) is 8.66 Å². The molecule has 0 saturated carbocycles. The molecule has 0 atom stereocenters. The van der Waals surface area contributed by atoms with Crippen LogP contribution in [-0.2, 0) is 0 Å². The highest BCUT2D eigenvalue weighted by atomic mass is 79.9. The Morgan fingerprint density at radius 1 is 1.40 bits per heavy atom. The Morgan fingerprint density at radius 3 is 2.40 bits per heavy atom. The van der Waals surface area contributed by atoms with Crippen LogP contribution in [0.1, 0.15) is 9.67 Å². The number of carbonyl (C=O) groups is 1. The molecule has 4 heteroatoms. The van der Waals surface area contributed by atoms with Gasteiger partial charge < -0.3 is 4.90 Å². The molecule has 0 N–H and O–H groups in total. The van der Waals surface area contributed by atoms with Gasteiger partial charge in [-0.1, -0.05) is 12.2 Å². The third kappa shape index (κ3) is 3.32. The fraction of sp³-hybridized carbons (Fsp3) is 0.182. The van der Waals surface area contributed by atoms with E-state index in [9.17, 15) is 4.79 Å². The minimum atomic E-state index is 0.0190. The zero-order valence-corrected chi connectivity index (χ0v) is 10.7. The van der Waals surface area contributed by atoms with E-state index in [2.05, 4.69) is 29.1 Å². The Kier molecular flexibility index (Phi) is 4.78. The number of rotatable bonds is 5. The number of nitrogens with zero attached hydrogens (tertiary/aromatic N) is 1.